The zero-order chi connectivity index (χ0) is 31.4. The molecule has 4 aromatic rings. The van der Waals surface area contributed by atoms with E-state index in [1.54, 1.807) is 24.3 Å². The summed E-state index contributed by atoms with van der Waals surface area (Å²) in [5.74, 6) is 0.404. The first-order valence-electron chi connectivity index (χ1n) is 14.7. The molecule has 0 saturated heterocycles. The Morgan fingerprint density at radius 2 is 1.32 bits per heavy atom. The first kappa shape index (κ1) is 32.3. The average molecular weight is 614 g/mol. The van der Waals surface area contributed by atoms with Gasteiger partial charge in [-0.1, -0.05) is 92.2 Å². The van der Waals surface area contributed by atoms with Crippen molar-refractivity contribution >= 4 is 27.5 Å². The number of anilines is 1. The predicted molar refractivity (Wildman–Crippen MR) is 174 cm³/mol. The first-order chi connectivity index (χ1) is 21.2. The number of benzene rings is 4. The molecule has 8 nitrogen and oxygen atoms in total. The molecule has 1 atom stereocenters. The zero-order valence-electron chi connectivity index (χ0n) is 25.1. The van der Waals surface area contributed by atoms with Crippen LogP contribution in [0.2, 0.25) is 0 Å². The smallest absolute Gasteiger partial charge is 0.244 e. The molecular weight excluding hydrogens is 574 g/mol. The number of hydrogen-bond donors (Lipinski definition) is 1. The Morgan fingerprint density at radius 1 is 0.773 bits per heavy atom. The van der Waals surface area contributed by atoms with E-state index in [4.69, 9.17) is 4.74 Å². The van der Waals surface area contributed by atoms with Crippen molar-refractivity contribution in [2.45, 2.75) is 38.8 Å². The normalized spacial score (nSPS) is 11.8. The summed E-state index contributed by atoms with van der Waals surface area (Å²) in [6.07, 6.45) is 3.06. The number of ether oxygens (including phenoxy) is 1. The second-order valence-electron chi connectivity index (χ2n) is 10.5. The van der Waals surface area contributed by atoms with E-state index in [1.165, 1.54) is 4.90 Å². The lowest BCUT2D eigenvalue weighted by Crippen LogP contribution is -2.53. The molecule has 4 aromatic carbocycles. The Balaban J connectivity index is 1.64. The molecule has 0 aromatic heterocycles. The lowest BCUT2D eigenvalue weighted by atomic mass is 10.0. The molecule has 44 heavy (non-hydrogen) atoms. The molecule has 0 spiro atoms. The van der Waals surface area contributed by atoms with Crippen molar-refractivity contribution in [3.63, 3.8) is 0 Å². The first-order valence-corrected chi connectivity index (χ1v) is 16.5. The summed E-state index contributed by atoms with van der Waals surface area (Å²) in [4.78, 5) is 29.3. The lowest BCUT2D eigenvalue weighted by molar-refractivity contribution is -0.140. The lowest BCUT2D eigenvalue weighted by Gasteiger charge is -2.33. The van der Waals surface area contributed by atoms with Crippen molar-refractivity contribution in [1.29, 1.82) is 0 Å². The van der Waals surface area contributed by atoms with Crippen LogP contribution in [0.4, 0.5) is 5.69 Å². The second-order valence-corrected chi connectivity index (χ2v) is 12.4. The summed E-state index contributed by atoms with van der Waals surface area (Å²) in [5.41, 5.74) is 2.03. The van der Waals surface area contributed by atoms with Gasteiger partial charge in [0.25, 0.3) is 0 Å². The van der Waals surface area contributed by atoms with Crippen molar-refractivity contribution in [2.24, 2.45) is 0 Å². The maximum Gasteiger partial charge on any atom is 0.244 e. The second kappa shape index (κ2) is 15.7. The van der Waals surface area contributed by atoms with E-state index in [2.05, 4.69) is 5.32 Å². The molecule has 0 aliphatic carbocycles. The quantitative estimate of drug-likeness (QED) is 0.171. The maximum atomic E-state index is 14.2. The van der Waals surface area contributed by atoms with E-state index in [0.29, 0.717) is 23.7 Å². The van der Waals surface area contributed by atoms with Gasteiger partial charge in [0.15, 0.2) is 0 Å². The summed E-state index contributed by atoms with van der Waals surface area (Å²) in [6, 6.07) is 33.8. The topological polar surface area (TPSA) is 96.0 Å². The zero-order valence-corrected chi connectivity index (χ0v) is 26.0. The van der Waals surface area contributed by atoms with Gasteiger partial charge >= 0.3 is 0 Å². The van der Waals surface area contributed by atoms with Gasteiger partial charge in [0.2, 0.25) is 21.8 Å². The van der Waals surface area contributed by atoms with Gasteiger partial charge in [-0.3, -0.25) is 13.9 Å². The van der Waals surface area contributed by atoms with Gasteiger partial charge < -0.3 is 15.0 Å². The minimum atomic E-state index is -3.87. The highest BCUT2D eigenvalue weighted by atomic mass is 32.2. The third-order valence-corrected chi connectivity index (χ3v) is 8.22. The minimum absolute atomic E-state index is 0.139. The van der Waals surface area contributed by atoms with Gasteiger partial charge in [-0.05, 0) is 53.9 Å². The van der Waals surface area contributed by atoms with Crippen molar-refractivity contribution in [3.05, 3.63) is 126 Å². The van der Waals surface area contributed by atoms with Gasteiger partial charge in [-0.25, -0.2) is 8.42 Å². The van der Waals surface area contributed by atoms with Crippen LogP contribution in [0.15, 0.2) is 115 Å². The number of carbonyl (C=O) groups is 2. The molecule has 230 valence electrons. The number of para-hydroxylation sites is 1. The molecule has 0 unspecified atom stereocenters. The van der Waals surface area contributed by atoms with Crippen molar-refractivity contribution < 1.29 is 22.7 Å². The summed E-state index contributed by atoms with van der Waals surface area (Å²) in [5, 5.41) is 2.99. The summed E-state index contributed by atoms with van der Waals surface area (Å²) < 4.78 is 33.0. The molecule has 0 radical (unpaired) electrons. The van der Waals surface area contributed by atoms with E-state index in [0.717, 1.165) is 34.5 Å². The van der Waals surface area contributed by atoms with Crippen LogP contribution in [-0.2, 0) is 32.6 Å². The number of rotatable bonds is 15. The predicted octanol–water partition coefficient (Wildman–Crippen LogP) is 5.80. The molecule has 4 rings (SSSR count). The highest BCUT2D eigenvalue weighted by molar-refractivity contribution is 7.92. The van der Waals surface area contributed by atoms with Crippen molar-refractivity contribution in [2.75, 3.05) is 23.7 Å². The van der Waals surface area contributed by atoms with Crippen molar-refractivity contribution in [3.8, 4) is 11.5 Å². The van der Waals surface area contributed by atoms with Gasteiger partial charge in [0, 0.05) is 19.5 Å². The highest BCUT2D eigenvalue weighted by Crippen LogP contribution is 2.26. The van der Waals surface area contributed by atoms with E-state index >= 15 is 0 Å². The summed E-state index contributed by atoms with van der Waals surface area (Å²) in [7, 11) is -3.87. The van der Waals surface area contributed by atoms with Crippen LogP contribution in [0.3, 0.4) is 0 Å². The van der Waals surface area contributed by atoms with Gasteiger partial charge in [0.05, 0.1) is 11.9 Å². The van der Waals surface area contributed by atoms with Crippen LogP contribution in [0.5, 0.6) is 11.5 Å². The van der Waals surface area contributed by atoms with E-state index in [9.17, 15) is 18.0 Å². The fourth-order valence-electron chi connectivity index (χ4n) is 4.76. The number of nitrogens with zero attached hydrogens (tertiary/aromatic N) is 2. The third-order valence-electron chi connectivity index (χ3n) is 7.08. The standard InChI is InChI=1S/C35H39N3O5S/c1-3-4-24-36-35(40)33(25-28-14-8-5-9-15-28)37(26-29-16-10-6-11-17-29)34(39)27-38(44(2,41)42)30-20-22-32(23-21-30)43-31-18-12-7-13-19-31/h5-23,33H,3-4,24-27H2,1-2H3,(H,36,40)/t33-/m0/s1. The molecule has 1 N–H and O–H groups in total. The number of sulfonamides is 1. The molecule has 0 fully saturated rings. The number of amides is 2. The minimum Gasteiger partial charge on any atom is -0.457 e. The van der Waals surface area contributed by atoms with E-state index < -0.39 is 28.5 Å². The van der Waals surface area contributed by atoms with Crippen LogP contribution in [0.25, 0.3) is 0 Å². The van der Waals surface area contributed by atoms with Crippen LogP contribution >= 0.6 is 0 Å². The van der Waals surface area contributed by atoms with Crippen LogP contribution < -0.4 is 14.4 Å². The van der Waals surface area contributed by atoms with Crippen LogP contribution in [0.1, 0.15) is 30.9 Å². The third kappa shape index (κ3) is 9.44. The Labute approximate surface area is 260 Å². The van der Waals surface area contributed by atoms with Gasteiger partial charge in [0.1, 0.15) is 24.1 Å². The van der Waals surface area contributed by atoms with Gasteiger partial charge in [-0.2, -0.15) is 0 Å². The summed E-state index contributed by atoms with van der Waals surface area (Å²) in [6.45, 7) is 2.19. The molecule has 0 aliphatic heterocycles. The monoisotopic (exact) mass is 613 g/mol. The van der Waals surface area contributed by atoms with Gasteiger partial charge in [-0.15, -0.1) is 0 Å². The molecule has 0 bridgehead atoms. The van der Waals surface area contributed by atoms with Crippen molar-refractivity contribution in [1.82, 2.24) is 10.2 Å². The maximum absolute atomic E-state index is 14.2. The molecular formula is C35H39N3O5S. The molecule has 2 amide bonds. The molecule has 0 aliphatic rings. The summed E-state index contributed by atoms with van der Waals surface area (Å²) >= 11 is 0. The van der Waals surface area contributed by atoms with Crippen LogP contribution in [-0.4, -0.2) is 50.5 Å². The number of unbranched alkanes of at least 4 members (excludes halogenated alkanes) is 1. The average Bonchev–Trinajstić information content (AvgIpc) is 3.03. The molecule has 0 heterocycles. The molecule has 9 heteroatoms. The largest absolute Gasteiger partial charge is 0.457 e. The SMILES string of the molecule is CCCCNC(=O)[C@H](Cc1ccccc1)N(Cc1ccccc1)C(=O)CN(c1ccc(Oc2ccccc2)cc1)S(C)(=O)=O. The number of carbonyl (C=O) groups excluding carboxylic acids is 2. The number of hydrogen-bond acceptors (Lipinski definition) is 5. The van der Waals surface area contributed by atoms with Crippen LogP contribution in [0, 0.1) is 0 Å². The highest BCUT2D eigenvalue weighted by Gasteiger charge is 2.33. The fraction of sp³-hybridized carbons (Fsp3) is 0.257. The fourth-order valence-corrected chi connectivity index (χ4v) is 5.61. The van der Waals surface area contributed by atoms with E-state index in [1.807, 2.05) is 97.9 Å². The Morgan fingerprint density at radius 3 is 1.89 bits per heavy atom. The Hall–Kier alpha value is -4.63. The Kier molecular flexibility index (Phi) is 11.5. The van der Waals surface area contributed by atoms with E-state index in [-0.39, 0.29) is 18.9 Å². The molecule has 0 saturated carbocycles. The number of nitrogens with one attached hydrogen (secondary N) is 1. The Bertz CT molecular complexity index is 1580.